The van der Waals surface area contributed by atoms with Crippen LogP contribution in [-0.2, 0) is 6.54 Å². The highest BCUT2D eigenvalue weighted by Crippen LogP contribution is 2.37. The molecule has 0 amide bonds. The van der Waals surface area contributed by atoms with Gasteiger partial charge in [0.05, 0.1) is 4.92 Å². The fourth-order valence-corrected chi connectivity index (χ4v) is 3.15. The third-order valence-corrected chi connectivity index (χ3v) is 4.28. The molecule has 0 aromatic heterocycles. The van der Waals surface area contributed by atoms with E-state index in [4.69, 9.17) is 0 Å². The van der Waals surface area contributed by atoms with Crippen molar-refractivity contribution < 1.29 is 4.92 Å². The summed E-state index contributed by atoms with van der Waals surface area (Å²) in [4.78, 5) is 10.7. The van der Waals surface area contributed by atoms with Crippen molar-refractivity contribution in [2.45, 2.75) is 45.7 Å². The predicted octanol–water partition coefficient (Wildman–Crippen LogP) is 4.03. The first-order valence-corrected chi connectivity index (χ1v) is 7.33. The standard InChI is InChI=1S/C14H19BrN2O2/c1-14(2)6-5-12(8-14)16-9-10-7-11(15)3-4-13(10)17(18)19/h3-4,7,12,16H,5-6,8-9H2,1-2H3. The highest BCUT2D eigenvalue weighted by molar-refractivity contribution is 9.10. The first-order valence-electron chi connectivity index (χ1n) is 6.54. The summed E-state index contributed by atoms with van der Waals surface area (Å²) in [6.45, 7) is 5.10. The van der Waals surface area contributed by atoms with Gasteiger partial charge in [-0.1, -0.05) is 29.8 Å². The fourth-order valence-electron chi connectivity index (χ4n) is 2.74. The summed E-state index contributed by atoms with van der Waals surface area (Å²) >= 11 is 3.37. The Kier molecular flexibility index (Phi) is 4.26. The monoisotopic (exact) mass is 326 g/mol. The Morgan fingerprint density at radius 1 is 1.53 bits per heavy atom. The summed E-state index contributed by atoms with van der Waals surface area (Å²) in [5, 5.41) is 14.4. The van der Waals surface area contributed by atoms with Crippen LogP contribution in [0.3, 0.4) is 0 Å². The number of hydrogen-bond acceptors (Lipinski definition) is 3. The van der Waals surface area contributed by atoms with Crippen LogP contribution in [0.4, 0.5) is 5.69 Å². The lowest BCUT2D eigenvalue weighted by atomic mass is 9.92. The van der Waals surface area contributed by atoms with Crippen molar-refractivity contribution in [1.82, 2.24) is 5.32 Å². The van der Waals surface area contributed by atoms with Crippen LogP contribution in [0.25, 0.3) is 0 Å². The van der Waals surface area contributed by atoms with E-state index in [1.807, 2.05) is 6.07 Å². The molecule has 0 radical (unpaired) electrons. The average Bonchev–Trinajstić information content (AvgIpc) is 2.66. The second-order valence-corrected chi connectivity index (χ2v) is 6.93. The van der Waals surface area contributed by atoms with Gasteiger partial charge in [0.15, 0.2) is 0 Å². The number of benzene rings is 1. The molecular formula is C14H19BrN2O2. The zero-order chi connectivity index (χ0) is 14.0. The van der Waals surface area contributed by atoms with Crippen LogP contribution in [0.15, 0.2) is 22.7 Å². The van der Waals surface area contributed by atoms with E-state index in [-0.39, 0.29) is 10.6 Å². The molecule has 0 spiro atoms. The third kappa shape index (κ3) is 3.76. The molecule has 1 aromatic carbocycles. The van der Waals surface area contributed by atoms with Crippen LogP contribution >= 0.6 is 15.9 Å². The Hall–Kier alpha value is -0.940. The molecule has 104 valence electrons. The van der Waals surface area contributed by atoms with Crippen LogP contribution < -0.4 is 5.32 Å². The Labute approximate surface area is 121 Å². The maximum absolute atomic E-state index is 11.0. The zero-order valence-corrected chi connectivity index (χ0v) is 12.9. The molecule has 0 bridgehead atoms. The minimum absolute atomic E-state index is 0.188. The van der Waals surface area contributed by atoms with E-state index in [0.717, 1.165) is 22.9 Å². The number of nitro groups is 1. The van der Waals surface area contributed by atoms with Crippen molar-refractivity contribution in [3.63, 3.8) is 0 Å². The van der Waals surface area contributed by atoms with E-state index >= 15 is 0 Å². The molecular weight excluding hydrogens is 308 g/mol. The molecule has 0 heterocycles. The van der Waals surface area contributed by atoms with Crippen LogP contribution in [0, 0.1) is 15.5 Å². The van der Waals surface area contributed by atoms with Gasteiger partial charge >= 0.3 is 0 Å². The normalized spacial score (nSPS) is 21.5. The Balaban J connectivity index is 2.03. The van der Waals surface area contributed by atoms with Gasteiger partial charge in [0.2, 0.25) is 0 Å². The number of nitrogens with zero attached hydrogens (tertiary/aromatic N) is 1. The molecule has 19 heavy (non-hydrogen) atoms. The largest absolute Gasteiger partial charge is 0.310 e. The number of hydrogen-bond donors (Lipinski definition) is 1. The van der Waals surface area contributed by atoms with Crippen molar-refractivity contribution in [3.05, 3.63) is 38.3 Å². The Morgan fingerprint density at radius 2 is 2.26 bits per heavy atom. The first kappa shape index (κ1) is 14.5. The molecule has 1 aliphatic rings. The van der Waals surface area contributed by atoms with Gasteiger partial charge in [-0.15, -0.1) is 0 Å². The SMILES string of the molecule is CC1(C)CCC(NCc2cc(Br)ccc2[N+](=O)[O-])C1. The van der Waals surface area contributed by atoms with Gasteiger partial charge < -0.3 is 5.32 Å². The summed E-state index contributed by atoms with van der Waals surface area (Å²) in [5.41, 5.74) is 1.32. The maximum Gasteiger partial charge on any atom is 0.273 e. The molecule has 0 aliphatic heterocycles. The van der Waals surface area contributed by atoms with Gasteiger partial charge in [0, 0.05) is 28.7 Å². The highest BCUT2D eigenvalue weighted by Gasteiger charge is 2.30. The highest BCUT2D eigenvalue weighted by atomic mass is 79.9. The topological polar surface area (TPSA) is 55.2 Å². The van der Waals surface area contributed by atoms with E-state index in [9.17, 15) is 10.1 Å². The molecule has 1 N–H and O–H groups in total. The van der Waals surface area contributed by atoms with Crippen molar-refractivity contribution in [3.8, 4) is 0 Å². The zero-order valence-electron chi connectivity index (χ0n) is 11.3. The number of rotatable bonds is 4. The second kappa shape index (κ2) is 5.59. The quantitative estimate of drug-likeness (QED) is 0.671. The number of nitrogens with one attached hydrogen (secondary N) is 1. The Bertz CT molecular complexity index is 488. The molecule has 1 fully saturated rings. The van der Waals surface area contributed by atoms with Crippen LogP contribution in [0.2, 0.25) is 0 Å². The molecule has 1 unspecified atom stereocenters. The lowest BCUT2D eigenvalue weighted by Crippen LogP contribution is -2.27. The molecule has 1 atom stereocenters. The number of nitro benzene ring substituents is 1. The van der Waals surface area contributed by atoms with Crippen molar-refractivity contribution >= 4 is 21.6 Å². The summed E-state index contributed by atoms with van der Waals surface area (Å²) in [7, 11) is 0. The van der Waals surface area contributed by atoms with E-state index in [2.05, 4.69) is 35.1 Å². The molecule has 5 heteroatoms. The number of halogens is 1. The minimum atomic E-state index is -0.317. The van der Waals surface area contributed by atoms with Gasteiger partial charge in [0.1, 0.15) is 0 Å². The summed E-state index contributed by atoms with van der Waals surface area (Å²) in [5.74, 6) is 0. The lowest BCUT2D eigenvalue weighted by molar-refractivity contribution is -0.385. The molecule has 1 saturated carbocycles. The van der Waals surface area contributed by atoms with Crippen molar-refractivity contribution in [2.24, 2.45) is 5.41 Å². The molecule has 1 aromatic rings. The summed E-state index contributed by atoms with van der Waals surface area (Å²) < 4.78 is 0.877. The van der Waals surface area contributed by atoms with Gasteiger partial charge in [-0.25, -0.2) is 0 Å². The van der Waals surface area contributed by atoms with Crippen LogP contribution in [0.5, 0.6) is 0 Å². The molecule has 2 rings (SSSR count). The van der Waals surface area contributed by atoms with E-state index in [0.29, 0.717) is 18.0 Å². The Morgan fingerprint density at radius 3 is 2.84 bits per heavy atom. The van der Waals surface area contributed by atoms with Gasteiger partial charge in [-0.3, -0.25) is 10.1 Å². The van der Waals surface area contributed by atoms with Crippen LogP contribution in [-0.4, -0.2) is 11.0 Å². The lowest BCUT2D eigenvalue weighted by Gasteiger charge is -2.18. The van der Waals surface area contributed by atoms with Crippen LogP contribution in [0.1, 0.15) is 38.7 Å². The van der Waals surface area contributed by atoms with Crippen molar-refractivity contribution in [2.75, 3.05) is 0 Å². The fraction of sp³-hybridized carbons (Fsp3) is 0.571. The van der Waals surface area contributed by atoms with Gasteiger partial charge in [0.25, 0.3) is 5.69 Å². The average molecular weight is 327 g/mol. The summed E-state index contributed by atoms with van der Waals surface area (Å²) in [6.07, 6.45) is 3.49. The molecule has 4 nitrogen and oxygen atoms in total. The van der Waals surface area contributed by atoms with E-state index in [1.165, 1.54) is 6.42 Å². The second-order valence-electron chi connectivity index (χ2n) is 6.01. The van der Waals surface area contributed by atoms with E-state index in [1.54, 1.807) is 12.1 Å². The van der Waals surface area contributed by atoms with Gasteiger partial charge in [-0.05, 0) is 36.8 Å². The first-order chi connectivity index (χ1) is 8.87. The predicted molar refractivity (Wildman–Crippen MR) is 79.1 cm³/mol. The molecule has 0 saturated heterocycles. The maximum atomic E-state index is 11.0. The summed E-state index contributed by atoms with van der Waals surface area (Å²) in [6, 6.07) is 5.55. The molecule has 1 aliphatic carbocycles. The smallest absolute Gasteiger partial charge is 0.273 e. The van der Waals surface area contributed by atoms with E-state index < -0.39 is 0 Å². The third-order valence-electron chi connectivity index (χ3n) is 3.79. The minimum Gasteiger partial charge on any atom is -0.310 e. The van der Waals surface area contributed by atoms with Gasteiger partial charge in [-0.2, -0.15) is 0 Å². The van der Waals surface area contributed by atoms with Crippen molar-refractivity contribution in [1.29, 1.82) is 0 Å².